The summed E-state index contributed by atoms with van der Waals surface area (Å²) in [5, 5.41) is 3.69. The summed E-state index contributed by atoms with van der Waals surface area (Å²) in [4.78, 5) is 0. The fourth-order valence-electron chi connectivity index (χ4n) is 3.15. The highest BCUT2D eigenvalue weighted by molar-refractivity contribution is 5.32. The van der Waals surface area contributed by atoms with E-state index in [2.05, 4.69) is 93.7 Å². The zero-order valence-corrected chi connectivity index (χ0v) is 13.6. The van der Waals surface area contributed by atoms with Crippen molar-refractivity contribution in [2.75, 3.05) is 0 Å². The molecule has 0 aliphatic heterocycles. The monoisotopic (exact) mass is 281 g/mol. The fraction of sp³-hybridized carbons (Fsp3) is 0.400. The van der Waals surface area contributed by atoms with Crippen LogP contribution in [0.5, 0.6) is 0 Å². The van der Waals surface area contributed by atoms with Gasteiger partial charge in [-0.05, 0) is 31.4 Å². The van der Waals surface area contributed by atoms with Gasteiger partial charge < -0.3 is 5.32 Å². The van der Waals surface area contributed by atoms with Gasteiger partial charge in [0.05, 0.1) is 0 Å². The Morgan fingerprint density at radius 3 is 1.62 bits per heavy atom. The Hall–Kier alpha value is -1.60. The van der Waals surface area contributed by atoms with Gasteiger partial charge in [0.2, 0.25) is 0 Å². The zero-order valence-electron chi connectivity index (χ0n) is 13.6. The van der Waals surface area contributed by atoms with Gasteiger partial charge in [-0.25, -0.2) is 0 Å². The minimum absolute atomic E-state index is 0.102. The van der Waals surface area contributed by atoms with E-state index in [0.29, 0.717) is 12.0 Å². The van der Waals surface area contributed by atoms with Gasteiger partial charge in [-0.3, -0.25) is 0 Å². The Bertz CT molecular complexity index is 489. The summed E-state index contributed by atoms with van der Waals surface area (Å²) in [6.45, 7) is 9.02. The normalized spacial score (nSPS) is 12.1. The van der Waals surface area contributed by atoms with E-state index >= 15 is 0 Å². The molecule has 0 radical (unpaired) electrons. The SMILES string of the molecule is CC(C)NC(C)(C)CC(c1ccccc1)c1ccccc1. The summed E-state index contributed by atoms with van der Waals surface area (Å²) in [6.07, 6.45) is 1.08. The first-order valence-corrected chi connectivity index (χ1v) is 7.85. The molecule has 2 aromatic carbocycles. The van der Waals surface area contributed by atoms with Crippen LogP contribution >= 0.6 is 0 Å². The highest BCUT2D eigenvalue weighted by atomic mass is 15.0. The lowest BCUT2D eigenvalue weighted by atomic mass is 9.81. The number of rotatable bonds is 6. The predicted octanol–water partition coefficient (Wildman–Crippen LogP) is 4.99. The molecule has 0 heterocycles. The van der Waals surface area contributed by atoms with Crippen molar-refractivity contribution in [2.24, 2.45) is 0 Å². The van der Waals surface area contributed by atoms with Crippen LogP contribution in [-0.2, 0) is 0 Å². The van der Waals surface area contributed by atoms with Crippen molar-refractivity contribution >= 4 is 0 Å². The number of hydrogen-bond donors (Lipinski definition) is 1. The maximum absolute atomic E-state index is 3.69. The molecule has 2 aromatic rings. The molecule has 0 saturated heterocycles. The van der Waals surface area contributed by atoms with Crippen LogP contribution in [0.2, 0.25) is 0 Å². The molecule has 0 saturated carbocycles. The Kier molecular flexibility index (Phi) is 5.19. The van der Waals surface area contributed by atoms with Gasteiger partial charge in [0.25, 0.3) is 0 Å². The third-order valence-electron chi connectivity index (χ3n) is 3.80. The molecule has 2 rings (SSSR count). The summed E-state index contributed by atoms with van der Waals surface area (Å²) in [5.74, 6) is 0.425. The molecule has 1 heteroatoms. The van der Waals surface area contributed by atoms with Crippen molar-refractivity contribution < 1.29 is 0 Å². The van der Waals surface area contributed by atoms with E-state index < -0.39 is 0 Å². The van der Waals surface area contributed by atoms with Crippen LogP contribution in [0, 0.1) is 0 Å². The van der Waals surface area contributed by atoms with Crippen molar-refractivity contribution in [2.45, 2.75) is 51.6 Å². The average Bonchev–Trinajstić information content (AvgIpc) is 2.45. The summed E-state index contributed by atoms with van der Waals surface area (Å²) in [6, 6.07) is 22.2. The molecule has 0 spiro atoms. The van der Waals surface area contributed by atoms with Crippen LogP contribution in [0.25, 0.3) is 0 Å². The maximum atomic E-state index is 3.69. The van der Waals surface area contributed by atoms with Crippen molar-refractivity contribution in [3.8, 4) is 0 Å². The van der Waals surface area contributed by atoms with E-state index in [-0.39, 0.29) is 5.54 Å². The fourth-order valence-corrected chi connectivity index (χ4v) is 3.15. The van der Waals surface area contributed by atoms with Crippen LogP contribution in [0.4, 0.5) is 0 Å². The molecule has 0 aliphatic rings. The largest absolute Gasteiger partial charge is 0.310 e. The highest BCUT2D eigenvalue weighted by Crippen LogP contribution is 2.32. The molecule has 0 bridgehead atoms. The van der Waals surface area contributed by atoms with Crippen LogP contribution < -0.4 is 5.32 Å². The molecular weight excluding hydrogens is 254 g/mol. The lowest BCUT2D eigenvalue weighted by Crippen LogP contribution is -2.44. The second-order valence-electron chi connectivity index (χ2n) is 6.76. The van der Waals surface area contributed by atoms with Crippen LogP contribution in [0.3, 0.4) is 0 Å². The molecule has 1 N–H and O–H groups in total. The van der Waals surface area contributed by atoms with E-state index in [1.54, 1.807) is 0 Å². The number of hydrogen-bond acceptors (Lipinski definition) is 1. The highest BCUT2D eigenvalue weighted by Gasteiger charge is 2.25. The van der Waals surface area contributed by atoms with Gasteiger partial charge in [0, 0.05) is 17.5 Å². The number of nitrogens with one attached hydrogen (secondary N) is 1. The quantitative estimate of drug-likeness (QED) is 0.787. The first-order chi connectivity index (χ1) is 9.98. The van der Waals surface area contributed by atoms with Gasteiger partial charge in [0.15, 0.2) is 0 Å². The Morgan fingerprint density at radius 2 is 1.24 bits per heavy atom. The topological polar surface area (TPSA) is 12.0 Å². The first kappa shape index (κ1) is 15.8. The zero-order chi connectivity index (χ0) is 15.3. The van der Waals surface area contributed by atoms with Gasteiger partial charge in [-0.15, -0.1) is 0 Å². The Balaban J connectivity index is 2.29. The third-order valence-corrected chi connectivity index (χ3v) is 3.80. The average molecular weight is 281 g/mol. The van der Waals surface area contributed by atoms with Crippen molar-refractivity contribution in [1.29, 1.82) is 0 Å². The van der Waals surface area contributed by atoms with Crippen LogP contribution in [-0.4, -0.2) is 11.6 Å². The van der Waals surface area contributed by atoms with E-state index in [4.69, 9.17) is 0 Å². The molecule has 0 fully saturated rings. The minimum Gasteiger partial charge on any atom is -0.310 e. The summed E-state index contributed by atoms with van der Waals surface area (Å²) in [5.41, 5.74) is 2.88. The van der Waals surface area contributed by atoms with Gasteiger partial charge >= 0.3 is 0 Å². The summed E-state index contributed by atoms with van der Waals surface area (Å²) < 4.78 is 0. The molecule has 0 atom stereocenters. The van der Waals surface area contributed by atoms with E-state index in [1.165, 1.54) is 11.1 Å². The number of benzene rings is 2. The molecule has 0 aliphatic carbocycles. The van der Waals surface area contributed by atoms with E-state index in [1.807, 2.05) is 0 Å². The van der Waals surface area contributed by atoms with E-state index in [9.17, 15) is 0 Å². The molecule has 0 amide bonds. The lowest BCUT2D eigenvalue weighted by Gasteiger charge is -2.33. The Labute approximate surface area is 129 Å². The smallest absolute Gasteiger partial charge is 0.0136 e. The molecule has 0 aromatic heterocycles. The van der Waals surface area contributed by atoms with Gasteiger partial charge in [-0.1, -0.05) is 74.5 Å². The Morgan fingerprint density at radius 1 is 0.810 bits per heavy atom. The second-order valence-corrected chi connectivity index (χ2v) is 6.76. The lowest BCUT2D eigenvalue weighted by molar-refractivity contribution is 0.320. The van der Waals surface area contributed by atoms with Crippen LogP contribution in [0.1, 0.15) is 51.2 Å². The predicted molar refractivity (Wildman–Crippen MR) is 91.7 cm³/mol. The van der Waals surface area contributed by atoms with Crippen LogP contribution in [0.15, 0.2) is 60.7 Å². The van der Waals surface area contributed by atoms with E-state index in [0.717, 1.165) is 6.42 Å². The molecule has 112 valence electrons. The standard InChI is InChI=1S/C20H27N/c1-16(2)21-20(3,4)15-19(17-11-7-5-8-12-17)18-13-9-6-10-14-18/h5-14,16,19,21H,15H2,1-4H3. The molecule has 0 unspecified atom stereocenters. The van der Waals surface area contributed by atoms with Crippen molar-refractivity contribution in [1.82, 2.24) is 5.32 Å². The van der Waals surface area contributed by atoms with Gasteiger partial charge in [-0.2, -0.15) is 0 Å². The minimum atomic E-state index is 0.102. The maximum Gasteiger partial charge on any atom is 0.0136 e. The molecule has 1 nitrogen and oxygen atoms in total. The van der Waals surface area contributed by atoms with Gasteiger partial charge in [0.1, 0.15) is 0 Å². The molecular formula is C20H27N. The summed E-state index contributed by atoms with van der Waals surface area (Å²) >= 11 is 0. The molecule has 21 heavy (non-hydrogen) atoms. The van der Waals surface area contributed by atoms with Crippen molar-refractivity contribution in [3.63, 3.8) is 0 Å². The second kappa shape index (κ2) is 6.91. The first-order valence-electron chi connectivity index (χ1n) is 7.85. The third kappa shape index (κ3) is 4.71. The van der Waals surface area contributed by atoms with Crippen molar-refractivity contribution in [3.05, 3.63) is 71.8 Å². The summed E-state index contributed by atoms with van der Waals surface area (Å²) in [7, 11) is 0.